The summed E-state index contributed by atoms with van der Waals surface area (Å²) in [5, 5.41) is 0. The molecule has 0 aromatic rings. The molecule has 0 spiro atoms. The van der Waals surface area contributed by atoms with E-state index in [0.717, 1.165) is 0 Å². The molecule has 0 rings (SSSR count). The van der Waals surface area contributed by atoms with Crippen molar-refractivity contribution < 1.29 is 9.59 Å². The van der Waals surface area contributed by atoms with Crippen LogP contribution in [0, 0.1) is 0 Å². The molecule has 0 saturated carbocycles. The highest BCUT2D eigenvalue weighted by atomic mass is 16.1. The first-order chi connectivity index (χ1) is 3.72. The molecule has 1 atom stereocenters. The van der Waals surface area contributed by atoms with Gasteiger partial charge in [0, 0.05) is 6.42 Å². The van der Waals surface area contributed by atoms with Crippen LogP contribution in [0.1, 0.15) is 13.3 Å². The fourth-order valence-electron chi connectivity index (χ4n) is 0.319. The SMILES string of the molecule is CCC(=O)C(N)C=[OH+]. The fourth-order valence-corrected chi connectivity index (χ4v) is 0.319. The molecule has 0 radical (unpaired) electrons. The Hall–Kier alpha value is -0.700. The minimum atomic E-state index is -0.792. The molecule has 0 aliphatic carbocycles. The van der Waals surface area contributed by atoms with E-state index in [2.05, 4.69) is 0 Å². The molecule has 0 saturated heterocycles. The quantitative estimate of drug-likeness (QED) is 0.306. The first-order valence-corrected chi connectivity index (χ1v) is 2.48. The number of ketones is 1. The van der Waals surface area contributed by atoms with Crippen molar-refractivity contribution in [3.63, 3.8) is 0 Å². The number of hydrogen-bond donors (Lipinski definition) is 1. The molecule has 0 aliphatic rings. The third-order valence-electron chi connectivity index (χ3n) is 0.881. The van der Waals surface area contributed by atoms with Gasteiger partial charge in [0.15, 0.2) is 11.8 Å². The van der Waals surface area contributed by atoms with Crippen molar-refractivity contribution in [3.05, 3.63) is 0 Å². The van der Waals surface area contributed by atoms with Crippen molar-refractivity contribution in [2.45, 2.75) is 19.4 Å². The van der Waals surface area contributed by atoms with Crippen LogP contribution in [-0.4, -0.2) is 22.9 Å². The van der Waals surface area contributed by atoms with E-state index in [4.69, 9.17) is 10.5 Å². The highest BCUT2D eigenvalue weighted by Gasteiger charge is 2.11. The van der Waals surface area contributed by atoms with Gasteiger partial charge in [-0.25, -0.2) is 0 Å². The maximum Gasteiger partial charge on any atom is 0.306 e. The van der Waals surface area contributed by atoms with Crippen LogP contribution >= 0.6 is 0 Å². The van der Waals surface area contributed by atoms with Gasteiger partial charge in [0.1, 0.15) is 0 Å². The van der Waals surface area contributed by atoms with E-state index >= 15 is 0 Å². The number of carbonyl (C=O) groups is 1. The molecule has 8 heavy (non-hydrogen) atoms. The van der Waals surface area contributed by atoms with Gasteiger partial charge in [-0.1, -0.05) is 6.92 Å². The third-order valence-corrected chi connectivity index (χ3v) is 0.881. The second-order valence-corrected chi connectivity index (χ2v) is 1.49. The maximum atomic E-state index is 10.4. The Morgan fingerprint density at radius 2 is 2.50 bits per heavy atom. The van der Waals surface area contributed by atoms with Crippen LogP contribution < -0.4 is 5.73 Å². The Morgan fingerprint density at radius 1 is 2.00 bits per heavy atom. The van der Waals surface area contributed by atoms with Gasteiger partial charge in [0.2, 0.25) is 0 Å². The van der Waals surface area contributed by atoms with E-state index in [1.807, 2.05) is 0 Å². The number of rotatable bonds is 3. The summed E-state index contributed by atoms with van der Waals surface area (Å²) in [5.41, 5.74) is 5.07. The summed E-state index contributed by atoms with van der Waals surface area (Å²) in [6.07, 6.45) is 1.07. The summed E-state index contributed by atoms with van der Waals surface area (Å²) >= 11 is 0. The first kappa shape index (κ1) is 7.30. The van der Waals surface area contributed by atoms with E-state index in [1.54, 1.807) is 6.92 Å². The van der Waals surface area contributed by atoms with Crippen LogP contribution in [0.5, 0.6) is 0 Å². The minimum absolute atomic E-state index is 0.146. The molecule has 3 N–H and O–H groups in total. The second-order valence-electron chi connectivity index (χ2n) is 1.49. The molecule has 0 aliphatic heterocycles. The maximum absolute atomic E-state index is 10.4. The third kappa shape index (κ3) is 1.84. The lowest BCUT2D eigenvalue weighted by Crippen LogP contribution is -2.31. The molecule has 46 valence electrons. The Morgan fingerprint density at radius 3 is 2.62 bits per heavy atom. The molecular weight excluding hydrogens is 106 g/mol. The molecule has 0 amide bonds. The summed E-state index contributed by atoms with van der Waals surface area (Å²) in [6, 6.07) is -0.792. The summed E-state index contributed by atoms with van der Waals surface area (Å²) in [4.78, 5) is 18.6. The number of Topliss-reactive ketones (excluding diaryl/α,β-unsaturated/α-hetero) is 1. The Balaban J connectivity index is 3.62. The minimum Gasteiger partial charge on any atom is -0.311 e. The van der Waals surface area contributed by atoms with Crippen molar-refractivity contribution in [2.24, 2.45) is 5.73 Å². The van der Waals surface area contributed by atoms with Gasteiger partial charge in [-0.15, -0.1) is 0 Å². The summed E-state index contributed by atoms with van der Waals surface area (Å²) in [5.74, 6) is -0.146. The lowest BCUT2D eigenvalue weighted by molar-refractivity contribution is -0.118. The lowest BCUT2D eigenvalue weighted by Gasteiger charge is -1.92. The van der Waals surface area contributed by atoms with Gasteiger partial charge in [-0.3, -0.25) is 9.59 Å². The molecule has 0 aromatic carbocycles. The van der Waals surface area contributed by atoms with Crippen molar-refractivity contribution >= 4 is 12.1 Å². The largest absolute Gasteiger partial charge is 0.311 e. The highest BCUT2D eigenvalue weighted by Crippen LogP contribution is 1.81. The molecule has 0 bridgehead atoms. The summed E-state index contributed by atoms with van der Waals surface area (Å²) in [7, 11) is 0. The van der Waals surface area contributed by atoms with Gasteiger partial charge in [0.25, 0.3) is 0 Å². The highest BCUT2D eigenvalue weighted by molar-refractivity contribution is 5.96. The van der Waals surface area contributed by atoms with Crippen LogP contribution in [0.3, 0.4) is 0 Å². The first-order valence-electron chi connectivity index (χ1n) is 2.48. The second kappa shape index (κ2) is 3.32. The zero-order valence-electron chi connectivity index (χ0n) is 4.79. The Bertz CT molecular complexity index is 101. The zero-order valence-corrected chi connectivity index (χ0v) is 4.79. The van der Waals surface area contributed by atoms with Crippen molar-refractivity contribution in [1.82, 2.24) is 0 Å². The average molecular weight is 116 g/mol. The molecule has 3 nitrogen and oxygen atoms in total. The van der Waals surface area contributed by atoms with Gasteiger partial charge >= 0.3 is 6.29 Å². The summed E-state index contributed by atoms with van der Waals surface area (Å²) in [6.45, 7) is 1.70. The number of hydrogen-bond acceptors (Lipinski definition) is 2. The smallest absolute Gasteiger partial charge is 0.306 e. The molecular formula is C5H10NO2+. The van der Waals surface area contributed by atoms with E-state index in [1.165, 1.54) is 0 Å². The number of nitrogens with two attached hydrogens (primary N) is 1. The van der Waals surface area contributed by atoms with Crippen molar-refractivity contribution in [3.8, 4) is 0 Å². The topological polar surface area (TPSA) is 64.5 Å². The van der Waals surface area contributed by atoms with Crippen molar-refractivity contribution in [2.75, 3.05) is 0 Å². The Kier molecular flexibility index (Phi) is 3.03. The molecule has 0 heterocycles. The predicted octanol–water partition coefficient (Wildman–Crippen LogP) is -0.533. The molecule has 0 fully saturated rings. The van der Waals surface area contributed by atoms with Crippen LogP contribution in [-0.2, 0) is 4.79 Å². The Labute approximate surface area is 47.9 Å². The van der Waals surface area contributed by atoms with Crippen LogP contribution in [0.15, 0.2) is 0 Å². The predicted molar refractivity (Wildman–Crippen MR) is 31.3 cm³/mol. The van der Waals surface area contributed by atoms with Crippen LogP contribution in [0.2, 0.25) is 0 Å². The standard InChI is InChI=1S/C5H9NO2/c1-2-5(8)4(6)3-7/h3-4H,2,6H2,1H3/p+1. The van der Waals surface area contributed by atoms with Gasteiger partial charge < -0.3 is 5.73 Å². The van der Waals surface area contributed by atoms with Gasteiger partial charge in [-0.2, -0.15) is 0 Å². The monoisotopic (exact) mass is 116 g/mol. The van der Waals surface area contributed by atoms with E-state index in [-0.39, 0.29) is 5.78 Å². The van der Waals surface area contributed by atoms with Crippen LogP contribution in [0.25, 0.3) is 0 Å². The van der Waals surface area contributed by atoms with Crippen LogP contribution in [0.4, 0.5) is 0 Å². The average Bonchev–Trinajstić information content (AvgIpc) is 1.84. The van der Waals surface area contributed by atoms with Gasteiger partial charge in [-0.05, 0) is 0 Å². The molecule has 3 heteroatoms. The number of carbonyl (C=O) groups excluding carboxylic acids is 2. The lowest BCUT2D eigenvalue weighted by atomic mass is 10.2. The number of aldehydes is 1. The molecule has 0 aromatic heterocycles. The van der Waals surface area contributed by atoms with E-state index in [9.17, 15) is 4.79 Å². The summed E-state index contributed by atoms with van der Waals surface area (Å²) < 4.78 is 0. The fraction of sp³-hybridized carbons (Fsp3) is 0.600. The zero-order chi connectivity index (χ0) is 6.57. The van der Waals surface area contributed by atoms with Gasteiger partial charge in [0.05, 0.1) is 0 Å². The van der Waals surface area contributed by atoms with E-state index < -0.39 is 6.04 Å². The normalized spacial score (nSPS) is 12.8. The van der Waals surface area contributed by atoms with E-state index in [0.29, 0.717) is 12.7 Å². The molecule has 1 unspecified atom stereocenters. The van der Waals surface area contributed by atoms with Crippen molar-refractivity contribution in [1.29, 1.82) is 0 Å².